The van der Waals surface area contributed by atoms with Crippen LogP contribution < -0.4 is 16.9 Å². The van der Waals surface area contributed by atoms with Crippen LogP contribution in [0.1, 0.15) is 11.7 Å². The fraction of sp³-hybridized carbons (Fsp3) is 0.250. The molecule has 0 saturated heterocycles. The third-order valence-corrected chi connectivity index (χ3v) is 3.76. The van der Waals surface area contributed by atoms with E-state index in [0.29, 0.717) is 6.61 Å². The van der Waals surface area contributed by atoms with Gasteiger partial charge in [-0.05, 0) is 29.3 Å². The average molecular weight is 284 g/mol. The number of nitrogen functional groups attached to an aromatic ring is 1. The van der Waals surface area contributed by atoms with Crippen LogP contribution in [0.25, 0.3) is 11.1 Å². The van der Waals surface area contributed by atoms with Crippen molar-refractivity contribution in [3.8, 4) is 11.1 Å². The van der Waals surface area contributed by atoms with Crippen LogP contribution >= 0.6 is 0 Å². The molecule has 5 nitrogen and oxygen atoms in total. The summed E-state index contributed by atoms with van der Waals surface area (Å²) in [7, 11) is 1.69. The Kier molecular flexibility index (Phi) is 3.79. The molecule has 1 atom stereocenters. The second-order valence-electron chi connectivity index (χ2n) is 5.13. The van der Waals surface area contributed by atoms with E-state index in [2.05, 4.69) is 11.5 Å². The molecule has 0 spiro atoms. The van der Waals surface area contributed by atoms with Gasteiger partial charge in [0.05, 0.1) is 12.3 Å². The van der Waals surface area contributed by atoms with Crippen LogP contribution in [-0.4, -0.2) is 25.3 Å². The Bertz CT molecular complexity index is 627. The molecule has 2 aromatic carbocycles. The van der Waals surface area contributed by atoms with E-state index in [0.717, 1.165) is 34.6 Å². The normalized spacial score (nSPS) is 17.5. The Hall–Kier alpha value is -2.08. The van der Waals surface area contributed by atoms with E-state index in [-0.39, 0.29) is 6.17 Å². The van der Waals surface area contributed by atoms with Crippen molar-refractivity contribution < 1.29 is 4.74 Å². The summed E-state index contributed by atoms with van der Waals surface area (Å²) in [6.07, 6.45) is -0.191. The summed E-state index contributed by atoms with van der Waals surface area (Å²) >= 11 is 0. The predicted molar refractivity (Wildman–Crippen MR) is 85.4 cm³/mol. The molecule has 0 saturated carbocycles. The van der Waals surface area contributed by atoms with Crippen molar-refractivity contribution in [2.24, 2.45) is 5.73 Å². The lowest BCUT2D eigenvalue weighted by atomic mass is 9.97. The molecule has 0 aliphatic carbocycles. The fourth-order valence-electron chi connectivity index (χ4n) is 2.66. The molecule has 21 heavy (non-hydrogen) atoms. The minimum Gasteiger partial charge on any atom is -0.399 e. The van der Waals surface area contributed by atoms with Gasteiger partial charge in [0.15, 0.2) is 0 Å². The number of nitrogens with zero attached hydrogens (tertiary/aromatic N) is 1. The van der Waals surface area contributed by atoms with Gasteiger partial charge in [-0.25, -0.2) is 0 Å². The van der Waals surface area contributed by atoms with Crippen LogP contribution in [-0.2, 0) is 4.74 Å². The Morgan fingerprint density at radius 3 is 2.67 bits per heavy atom. The first-order valence-corrected chi connectivity index (χ1v) is 6.97. The number of hydrazine groups is 1. The smallest absolute Gasteiger partial charge is 0.104 e. The molecule has 1 heterocycles. The zero-order chi connectivity index (χ0) is 14.8. The number of ether oxygens (including phenoxy) is 1. The Morgan fingerprint density at radius 1 is 1.19 bits per heavy atom. The molecule has 0 aromatic heterocycles. The second kappa shape index (κ2) is 5.73. The first kappa shape index (κ1) is 13.9. The molecule has 1 aliphatic heterocycles. The summed E-state index contributed by atoms with van der Waals surface area (Å²) in [6, 6.07) is 14.0. The van der Waals surface area contributed by atoms with E-state index in [1.807, 2.05) is 41.4 Å². The molecule has 1 unspecified atom stereocenters. The van der Waals surface area contributed by atoms with Crippen molar-refractivity contribution >= 4 is 11.4 Å². The summed E-state index contributed by atoms with van der Waals surface area (Å²) in [5, 5.41) is 2.00. The number of benzene rings is 2. The van der Waals surface area contributed by atoms with Crippen LogP contribution in [0.15, 0.2) is 42.5 Å². The van der Waals surface area contributed by atoms with Gasteiger partial charge in [0.1, 0.15) is 6.17 Å². The lowest BCUT2D eigenvalue weighted by Gasteiger charge is -2.21. The topological polar surface area (TPSA) is 76.5 Å². The Balaban J connectivity index is 1.96. The zero-order valence-electron chi connectivity index (χ0n) is 12.0. The first-order valence-electron chi connectivity index (χ1n) is 6.97. The highest BCUT2D eigenvalue weighted by atomic mass is 16.5. The van der Waals surface area contributed by atoms with Gasteiger partial charge in [-0.15, -0.1) is 0 Å². The minimum absolute atomic E-state index is 0.191. The van der Waals surface area contributed by atoms with Crippen molar-refractivity contribution in [1.29, 1.82) is 0 Å². The standard InChI is InChI=1S/C16H20N4O/c1-21-10-9-20-16(18)15-13(3-2-4-14(15)19-20)11-5-7-12(17)8-6-11/h2-8,16,19H,9-10,17-18H2,1H3. The van der Waals surface area contributed by atoms with E-state index in [4.69, 9.17) is 16.2 Å². The highest BCUT2D eigenvalue weighted by Gasteiger charge is 2.29. The van der Waals surface area contributed by atoms with Gasteiger partial charge in [0, 0.05) is 24.9 Å². The van der Waals surface area contributed by atoms with Crippen LogP contribution in [0.5, 0.6) is 0 Å². The van der Waals surface area contributed by atoms with Gasteiger partial charge in [-0.3, -0.25) is 0 Å². The Morgan fingerprint density at radius 2 is 1.95 bits per heavy atom. The summed E-state index contributed by atoms with van der Waals surface area (Å²) < 4.78 is 5.13. The maximum Gasteiger partial charge on any atom is 0.104 e. The highest BCUT2D eigenvalue weighted by molar-refractivity contribution is 5.76. The highest BCUT2D eigenvalue weighted by Crippen LogP contribution is 2.39. The van der Waals surface area contributed by atoms with E-state index < -0.39 is 0 Å². The average Bonchev–Trinajstić information content (AvgIpc) is 2.82. The molecule has 110 valence electrons. The van der Waals surface area contributed by atoms with E-state index >= 15 is 0 Å². The molecule has 2 aromatic rings. The first-order chi connectivity index (χ1) is 10.2. The quantitative estimate of drug-likeness (QED) is 0.750. The number of anilines is 2. The van der Waals surface area contributed by atoms with Gasteiger partial charge in [-0.2, -0.15) is 5.01 Å². The largest absolute Gasteiger partial charge is 0.399 e. The van der Waals surface area contributed by atoms with Gasteiger partial charge < -0.3 is 21.6 Å². The van der Waals surface area contributed by atoms with Crippen molar-refractivity contribution in [3.63, 3.8) is 0 Å². The molecule has 1 aliphatic rings. The summed E-state index contributed by atoms with van der Waals surface area (Å²) in [6.45, 7) is 1.36. The number of rotatable bonds is 4. The monoisotopic (exact) mass is 284 g/mol. The Labute approximate surface area is 124 Å². The van der Waals surface area contributed by atoms with Crippen molar-refractivity contribution in [3.05, 3.63) is 48.0 Å². The molecular formula is C16H20N4O. The summed E-state index contributed by atoms with van der Waals surface area (Å²) in [4.78, 5) is 0. The maximum atomic E-state index is 6.38. The van der Waals surface area contributed by atoms with E-state index in [1.54, 1.807) is 7.11 Å². The van der Waals surface area contributed by atoms with Crippen LogP contribution in [0, 0.1) is 0 Å². The molecular weight excluding hydrogens is 264 g/mol. The van der Waals surface area contributed by atoms with E-state index in [1.165, 1.54) is 0 Å². The molecule has 0 amide bonds. The lowest BCUT2D eigenvalue weighted by Crippen LogP contribution is -2.35. The zero-order valence-corrected chi connectivity index (χ0v) is 12.0. The second-order valence-corrected chi connectivity index (χ2v) is 5.13. The SMILES string of the molecule is COCCN1Nc2cccc(-c3ccc(N)cc3)c2C1N. The molecule has 5 heteroatoms. The van der Waals surface area contributed by atoms with E-state index in [9.17, 15) is 0 Å². The predicted octanol–water partition coefficient (Wildman–Crippen LogP) is 2.18. The third-order valence-electron chi connectivity index (χ3n) is 3.76. The van der Waals surface area contributed by atoms with Gasteiger partial charge >= 0.3 is 0 Å². The van der Waals surface area contributed by atoms with Gasteiger partial charge in [0.2, 0.25) is 0 Å². The molecule has 0 fully saturated rings. The summed E-state index contributed by atoms with van der Waals surface area (Å²) in [5.41, 5.74) is 20.7. The van der Waals surface area contributed by atoms with Gasteiger partial charge in [0.25, 0.3) is 0 Å². The minimum atomic E-state index is -0.191. The molecule has 5 N–H and O–H groups in total. The molecule has 3 rings (SSSR count). The number of methoxy groups -OCH3 is 1. The van der Waals surface area contributed by atoms with Crippen LogP contribution in [0.3, 0.4) is 0 Å². The maximum absolute atomic E-state index is 6.38. The summed E-state index contributed by atoms with van der Waals surface area (Å²) in [5.74, 6) is 0. The number of fused-ring (bicyclic) bond motifs is 1. The van der Waals surface area contributed by atoms with Crippen molar-refractivity contribution in [2.75, 3.05) is 31.4 Å². The number of hydrogen-bond acceptors (Lipinski definition) is 5. The lowest BCUT2D eigenvalue weighted by molar-refractivity contribution is 0.145. The number of nitrogens with one attached hydrogen (secondary N) is 1. The fourth-order valence-corrected chi connectivity index (χ4v) is 2.66. The van der Waals surface area contributed by atoms with Gasteiger partial charge in [-0.1, -0.05) is 24.3 Å². The third kappa shape index (κ3) is 2.58. The molecule has 0 bridgehead atoms. The van der Waals surface area contributed by atoms with Crippen molar-refractivity contribution in [1.82, 2.24) is 5.01 Å². The number of nitrogens with two attached hydrogens (primary N) is 2. The number of hydrogen-bond donors (Lipinski definition) is 3. The van der Waals surface area contributed by atoms with Crippen LogP contribution in [0.2, 0.25) is 0 Å². The molecule has 0 radical (unpaired) electrons. The van der Waals surface area contributed by atoms with Crippen molar-refractivity contribution in [2.45, 2.75) is 6.17 Å². The van der Waals surface area contributed by atoms with Crippen LogP contribution in [0.4, 0.5) is 11.4 Å².